The zero-order valence-electron chi connectivity index (χ0n) is 18.7. The van der Waals surface area contributed by atoms with Gasteiger partial charge in [-0.25, -0.2) is 0 Å². The second-order valence-electron chi connectivity index (χ2n) is 8.94. The minimum atomic E-state index is -0.240. The molecule has 1 aliphatic carbocycles. The molecular formula is C20H32N6O3S2. The summed E-state index contributed by atoms with van der Waals surface area (Å²) in [5.74, 6) is 0.436. The largest absolute Gasteiger partial charge is 0.350 e. The number of hydrogen-bond acceptors (Lipinski definition) is 8. The van der Waals surface area contributed by atoms with Gasteiger partial charge < -0.3 is 10.2 Å². The van der Waals surface area contributed by atoms with Crippen LogP contribution in [0.5, 0.6) is 0 Å². The number of aromatic nitrogens is 2. The number of hydrogen-bond donors (Lipinski definition) is 1. The normalized spacial score (nSPS) is 17.5. The molecular weight excluding hydrogens is 436 g/mol. The van der Waals surface area contributed by atoms with Crippen LogP contribution in [-0.4, -0.2) is 87.8 Å². The van der Waals surface area contributed by atoms with Crippen molar-refractivity contribution in [2.24, 2.45) is 0 Å². The van der Waals surface area contributed by atoms with E-state index in [-0.39, 0.29) is 29.3 Å². The van der Waals surface area contributed by atoms with Crippen LogP contribution in [0.3, 0.4) is 0 Å². The number of nitrogens with zero attached hydrogens (tertiary/aromatic N) is 5. The maximum Gasteiger partial charge on any atom is 0.234 e. The summed E-state index contributed by atoms with van der Waals surface area (Å²) >= 11 is 2.74. The highest BCUT2D eigenvalue weighted by molar-refractivity contribution is 8.01. The average molecular weight is 469 g/mol. The van der Waals surface area contributed by atoms with E-state index in [4.69, 9.17) is 0 Å². The molecule has 0 aromatic carbocycles. The van der Waals surface area contributed by atoms with Crippen LogP contribution in [0.4, 0.5) is 5.13 Å². The van der Waals surface area contributed by atoms with Gasteiger partial charge in [-0.1, -0.05) is 30.0 Å². The molecule has 1 aliphatic heterocycles. The van der Waals surface area contributed by atoms with Crippen LogP contribution >= 0.6 is 23.1 Å². The van der Waals surface area contributed by atoms with E-state index < -0.39 is 0 Å². The van der Waals surface area contributed by atoms with Crippen molar-refractivity contribution in [3.63, 3.8) is 0 Å². The fourth-order valence-electron chi connectivity index (χ4n) is 3.36. The molecule has 2 fully saturated rings. The Morgan fingerprint density at radius 1 is 1.16 bits per heavy atom. The van der Waals surface area contributed by atoms with E-state index in [0.717, 1.165) is 12.8 Å². The number of nitrogens with one attached hydrogen (secondary N) is 1. The van der Waals surface area contributed by atoms with Gasteiger partial charge in [0.1, 0.15) is 0 Å². The first-order valence-corrected chi connectivity index (χ1v) is 12.6. The number of piperazine rings is 1. The molecule has 1 N–H and O–H groups in total. The quantitative estimate of drug-likeness (QED) is 0.457. The highest BCUT2D eigenvalue weighted by Crippen LogP contribution is 2.36. The first kappa shape index (κ1) is 23.9. The zero-order valence-corrected chi connectivity index (χ0v) is 20.4. The maximum atomic E-state index is 12.6. The molecule has 9 nitrogen and oxygen atoms in total. The van der Waals surface area contributed by atoms with Crippen molar-refractivity contribution < 1.29 is 14.4 Å². The Labute approximate surface area is 191 Å². The average Bonchev–Trinajstić information content (AvgIpc) is 3.42. The molecule has 1 saturated carbocycles. The first-order chi connectivity index (χ1) is 14.7. The molecule has 11 heteroatoms. The van der Waals surface area contributed by atoms with Crippen LogP contribution in [-0.2, 0) is 14.4 Å². The van der Waals surface area contributed by atoms with Crippen molar-refractivity contribution >= 4 is 46.0 Å². The summed E-state index contributed by atoms with van der Waals surface area (Å²) in [5.41, 5.74) is -0.240. The van der Waals surface area contributed by atoms with Gasteiger partial charge in [-0.3, -0.25) is 24.2 Å². The summed E-state index contributed by atoms with van der Waals surface area (Å²) < 4.78 is 0.704. The summed E-state index contributed by atoms with van der Waals surface area (Å²) in [6.45, 7) is 10.7. The molecule has 0 spiro atoms. The number of thioether (sulfide) groups is 1. The fourth-order valence-corrected chi connectivity index (χ4v) is 5.19. The van der Waals surface area contributed by atoms with E-state index in [2.05, 4.69) is 20.4 Å². The van der Waals surface area contributed by atoms with Crippen molar-refractivity contribution in [3.05, 3.63) is 0 Å². The van der Waals surface area contributed by atoms with Crippen LogP contribution < -0.4 is 10.2 Å². The van der Waals surface area contributed by atoms with Gasteiger partial charge in [0.15, 0.2) is 4.34 Å². The standard InChI is InChI=1S/C20H32N6O3S2/c1-5-16(28)26(14-6-7-14)18-22-23-19(31-18)30-13-17(29)25-10-8-24(9-11-25)12-15(27)21-20(2,3)4/h14H,5-13H2,1-4H3,(H,21,27). The molecule has 3 amide bonds. The summed E-state index contributed by atoms with van der Waals surface area (Å²) in [7, 11) is 0. The van der Waals surface area contributed by atoms with E-state index in [1.807, 2.05) is 32.6 Å². The lowest BCUT2D eigenvalue weighted by atomic mass is 10.1. The number of anilines is 1. The SMILES string of the molecule is CCC(=O)N(c1nnc(SCC(=O)N2CCN(CC(=O)NC(C)(C)C)CC2)s1)C1CC1. The van der Waals surface area contributed by atoms with Crippen LogP contribution in [0.1, 0.15) is 47.0 Å². The van der Waals surface area contributed by atoms with Gasteiger partial charge in [0.25, 0.3) is 0 Å². The number of carbonyl (C=O) groups is 3. The third-order valence-corrected chi connectivity index (χ3v) is 7.05. The lowest BCUT2D eigenvalue weighted by Crippen LogP contribution is -2.53. The highest BCUT2D eigenvalue weighted by Gasteiger charge is 2.35. The number of rotatable bonds is 8. The van der Waals surface area contributed by atoms with E-state index in [9.17, 15) is 14.4 Å². The van der Waals surface area contributed by atoms with E-state index >= 15 is 0 Å². The Morgan fingerprint density at radius 2 is 1.84 bits per heavy atom. The summed E-state index contributed by atoms with van der Waals surface area (Å²) in [6.07, 6.45) is 2.47. The molecule has 1 saturated heterocycles. The predicted octanol–water partition coefficient (Wildman–Crippen LogP) is 1.59. The number of carbonyl (C=O) groups excluding carboxylic acids is 3. The third-order valence-electron chi connectivity index (χ3n) is 5.01. The maximum absolute atomic E-state index is 12.6. The molecule has 172 valence electrons. The fraction of sp³-hybridized carbons (Fsp3) is 0.750. The van der Waals surface area contributed by atoms with Gasteiger partial charge in [-0.2, -0.15) is 0 Å². The van der Waals surface area contributed by atoms with Crippen LogP contribution in [0.2, 0.25) is 0 Å². The molecule has 1 aromatic rings. The van der Waals surface area contributed by atoms with E-state index in [0.29, 0.717) is 54.4 Å². The third kappa shape index (κ3) is 7.15. The Balaban J connectivity index is 1.42. The lowest BCUT2D eigenvalue weighted by Gasteiger charge is -2.34. The van der Waals surface area contributed by atoms with Gasteiger partial charge in [0.05, 0.1) is 12.3 Å². The van der Waals surface area contributed by atoms with Gasteiger partial charge in [-0.05, 0) is 33.6 Å². The first-order valence-electron chi connectivity index (χ1n) is 10.8. The van der Waals surface area contributed by atoms with Gasteiger partial charge >= 0.3 is 0 Å². The topological polar surface area (TPSA) is 98.7 Å². The predicted molar refractivity (Wildman–Crippen MR) is 122 cm³/mol. The molecule has 3 rings (SSSR count). The van der Waals surface area contributed by atoms with Crippen LogP contribution in [0, 0.1) is 0 Å². The molecule has 2 aliphatic rings. The Morgan fingerprint density at radius 3 is 2.42 bits per heavy atom. The molecule has 31 heavy (non-hydrogen) atoms. The molecule has 0 bridgehead atoms. The molecule has 2 heterocycles. The van der Waals surface area contributed by atoms with E-state index in [1.54, 1.807) is 4.90 Å². The molecule has 0 radical (unpaired) electrons. The van der Waals surface area contributed by atoms with Crippen LogP contribution in [0.25, 0.3) is 0 Å². The summed E-state index contributed by atoms with van der Waals surface area (Å²) in [6, 6.07) is 0.252. The number of amides is 3. The Hall–Kier alpha value is -1.72. The zero-order chi connectivity index (χ0) is 22.6. The monoisotopic (exact) mass is 468 g/mol. The minimum absolute atomic E-state index is 0.0108. The van der Waals surface area contributed by atoms with Crippen molar-refractivity contribution in [2.75, 3.05) is 43.4 Å². The Kier molecular flexibility index (Phi) is 7.92. The van der Waals surface area contributed by atoms with Gasteiger partial charge in [0.2, 0.25) is 22.9 Å². The molecule has 1 aromatic heterocycles. The lowest BCUT2D eigenvalue weighted by molar-refractivity contribution is -0.130. The van der Waals surface area contributed by atoms with Crippen molar-refractivity contribution in [2.45, 2.75) is 62.9 Å². The Bertz CT molecular complexity index is 797. The molecule has 0 unspecified atom stereocenters. The molecule has 0 atom stereocenters. The minimum Gasteiger partial charge on any atom is -0.350 e. The highest BCUT2D eigenvalue weighted by atomic mass is 32.2. The van der Waals surface area contributed by atoms with Crippen molar-refractivity contribution in [3.8, 4) is 0 Å². The summed E-state index contributed by atoms with van der Waals surface area (Å²) in [4.78, 5) is 42.6. The van der Waals surface area contributed by atoms with Crippen molar-refractivity contribution in [1.29, 1.82) is 0 Å². The second-order valence-corrected chi connectivity index (χ2v) is 11.1. The van der Waals surface area contributed by atoms with Gasteiger partial charge in [0, 0.05) is 44.2 Å². The smallest absolute Gasteiger partial charge is 0.234 e. The van der Waals surface area contributed by atoms with Crippen LogP contribution in [0.15, 0.2) is 4.34 Å². The van der Waals surface area contributed by atoms with Gasteiger partial charge in [-0.15, -0.1) is 10.2 Å². The van der Waals surface area contributed by atoms with E-state index in [1.165, 1.54) is 23.1 Å². The second kappa shape index (κ2) is 10.3. The summed E-state index contributed by atoms with van der Waals surface area (Å²) in [5, 5.41) is 12.0. The van der Waals surface area contributed by atoms with Crippen molar-refractivity contribution in [1.82, 2.24) is 25.3 Å².